The number of ether oxygens (including phenoxy) is 1. The smallest absolute Gasteiger partial charge is 0.323 e. The van der Waals surface area contributed by atoms with Gasteiger partial charge in [0.15, 0.2) is 0 Å². The number of carbonyl (C=O) groups excluding carboxylic acids is 1. The summed E-state index contributed by atoms with van der Waals surface area (Å²) in [6, 6.07) is 7.04. The zero-order valence-corrected chi connectivity index (χ0v) is 14.2. The van der Waals surface area contributed by atoms with Crippen LogP contribution in [-0.2, 0) is 9.53 Å². The quantitative estimate of drug-likeness (QED) is 0.824. The number of aromatic nitrogens is 2. The molecule has 0 saturated heterocycles. The van der Waals surface area contributed by atoms with E-state index in [9.17, 15) is 9.59 Å². The molecular formula is C16H18ClN3O4. The van der Waals surface area contributed by atoms with Crippen molar-refractivity contribution in [2.45, 2.75) is 6.92 Å². The van der Waals surface area contributed by atoms with Gasteiger partial charge in [-0.25, -0.2) is 4.68 Å². The Morgan fingerprint density at radius 2 is 2.00 bits per heavy atom. The maximum absolute atomic E-state index is 12.6. The van der Waals surface area contributed by atoms with Gasteiger partial charge in [-0.2, -0.15) is 5.10 Å². The molecule has 7 nitrogen and oxygen atoms in total. The number of nitrogens with zero attached hydrogens (tertiary/aromatic N) is 3. The maximum atomic E-state index is 12.6. The molecule has 0 radical (unpaired) electrons. The van der Waals surface area contributed by atoms with Gasteiger partial charge in [0.1, 0.15) is 6.54 Å². The highest BCUT2D eigenvalue weighted by Crippen LogP contribution is 2.18. The number of hydrogen-bond acceptors (Lipinski definition) is 4. The third-order valence-corrected chi connectivity index (χ3v) is 3.74. The fraction of sp³-hybridized carbons (Fsp3) is 0.312. The summed E-state index contributed by atoms with van der Waals surface area (Å²) in [4.78, 5) is 24.8. The molecule has 0 aliphatic heterocycles. The van der Waals surface area contributed by atoms with Crippen molar-refractivity contribution in [3.05, 3.63) is 46.7 Å². The fourth-order valence-electron chi connectivity index (χ4n) is 2.25. The average molecular weight is 352 g/mol. The van der Waals surface area contributed by atoms with Crippen molar-refractivity contribution in [2.75, 3.05) is 26.8 Å². The van der Waals surface area contributed by atoms with E-state index in [0.717, 1.165) is 5.69 Å². The predicted molar refractivity (Wildman–Crippen MR) is 88.7 cm³/mol. The molecule has 24 heavy (non-hydrogen) atoms. The van der Waals surface area contributed by atoms with E-state index in [1.165, 1.54) is 18.2 Å². The molecule has 0 fully saturated rings. The first kappa shape index (κ1) is 18.0. The summed E-state index contributed by atoms with van der Waals surface area (Å²) in [5.74, 6) is -1.48. The molecule has 1 aromatic heterocycles. The predicted octanol–water partition coefficient (Wildman–Crippen LogP) is 2.01. The number of carboxylic acid groups (broad SMARTS) is 1. The lowest BCUT2D eigenvalue weighted by atomic mass is 10.2. The van der Waals surface area contributed by atoms with Crippen molar-refractivity contribution >= 4 is 23.5 Å². The molecule has 0 aliphatic rings. The number of amides is 1. The minimum absolute atomic E-state index is 0.188. The summed E-state index contributed by atoms with van der Waals surface area (Å²) < 4.78 is 6.55. The first-order valence-corrected chi connectivity index (χ1v) is 7.62. The molecule has 1 N–H and O–H groups in total. The van der Waals surface area contributed by atoms with E-state index >= 15 is 0 Å². The van der Waals surface area contributed by atoms with E-state index < -0.39 is 18.4 Å². The Bertz CT molecular complexity index is 727. The van der Waals surface area contributed by atoms with Crippen molar-refractivity contribution in [2.24, 2.45) is 0 Å². The van der Waals surface area contributed by atoms with Crippen molar-refractivity contribution in [1.82, 2.24) is 14.7 Å². The van der Waals surface area contributed by atoms with Gasteiger partial charge < -0.3 is 14.7 Å². The number of hydrogen-bond donors (Lipinski definition) is 1. The van der Waals surface area contributed by atoms with Gasteiger partial charge in [0.2, 0.25) is 0 Å². The second-order valence-electron chi connectivity index (χ2n) is 5.15. The monoisotopic (exact) mass is 351 g/mol. The molecule has 0 aliphatic carbocycles. The first-order valence-electron chi connectivity index (χ1n) is 7.24. The summed E-state index contributed by atoms with van der Waals surface area (Å²) in [6.07, 6.45) is 1.44. The van der Waals surface area contributed by atoms with E-state index in [0.29, 0.717) is 16.3 Å². The SMILES string of the molecule is COCCN(CC(=O)O)C(=O)c1cnn(-c2ccc(Cl)cc2)c1C. The van der Waals surface area contributed by atoms with Crippen LogP contribution in [0.15, 0.2) is 30.5 Å². The van der Waals surface area contributed by atoms with Gasteiger partial charge in [0, 0.05) is 18.7 Å². The lowest BCUT2D eigenvalue weighted by Gasteiger charge is -2.20. The molecule has 1 amide bonds. The van der Waals surface area contributed by atoms with Gasteiger partial charge in [-0.1, -0.05) is 11.6 Å². The number of rotatable bonds is 7. The number of halogens is 1. The standard InChI is InChI=1S/C16H18ClN3O4/c1-11-14(16(23)19(7-8-24-2)10-15(21)22)9-18-20(11)13-5-3-12(17)4-6-13/h3-6,9H,7-8,10H2,1-2H3,(H,21,22). The number of carboxylic acids is 1. The van der Waals surface area contributed by atoms with Crippen LogP contribution in [0.5, 0.6) is 0 Å². The van der Waals surface area contributed by atoms with Crippen molar-refractivity contribution in [3.63, 3.8) is 0 Å². The van der Waals surface area contributed by atoms with Crippen LogP contribution in [0, 0.1) is 6.92 Å². The van der Waals surface area contributed by atoms with Crippen LogP contribution in [-0.4, -0.2) is 58.5 Å². The van der Waals surface area contributed by atoms with E-state index in [2.05, 4.69) is 5.10 Å². The molecule has 0 unspecified atom stereocenters. The van der Waals surface area contributed by atoms with E-state index in [-0.39, 0.29) is 13.2 Å². The molecule has 0 spiro atoms. The van der Waals surface area contributed by atoms with Gasteiger partial charge in [-0.05, 0) is 31.2 Å². The summed E-state index contributed by atoms with van der Waals surface area (Å²) in [6.45, 7) is 1.80. The van der Waals surface area contributed by atoms with Crippen LogP contribution in [0.25, 0.3) is 5.69 Å². The van der Waals surface area contributed by atoms with Crippen LogP contribution < -0.4 is 0 Å². The van der Waals surface area contributed by atoms with Crippen LogP contribution in [0.1, 0.15) is 16.1 Å². The van der Waals surface area contributed by atoms with Gasteiger partial charge >= 0.3 is 5.97 Å². The Kier molecular flexibility index (Phi) is 5.94. The Hall–Kier alpha value is -2.38. The topological polar surface area (TPSA) is 84.7 Å². The summed E-state index contributed by atoms with van der Waals surface area (Å²) in [5, 5.41) is 13.8. The Labute approximate surface area is 144 Å². The third kappa shape index (κ3) is 4.12. The van der Waals surface area contributed by atoms with Gasteiger partial charge in [-0.15, -0.1) is 0 Å². The van der Waals surface area contributed by atoms with Crippen molar-refractivity contribution < 1.29 is 19.4 Å². The Morgan fingerprint density at radius 3 is 2.58 bits per heavy atom. The minimum Gasteiger partial charge on any atom is -0.480 e. The normalized spacial score (nSPS) is 10.6. The Morgan fingerprint density at radius 1 is 1.33 bits per heavy atom. The number of carbonyl (C=O) groups is 2. The molecule has 2 rings (SSSR count). The van der Waals surface area contributed by atoms with Crippen molar-refractivity contribution in [1.29, 1.82) is 0 Å². The second-order valence-corrected chi connectivity index (χ2v) is 5.58. The van der Waals surface area contributed by atoms with Crippen LogP contribution in [0.4, 0.5) is 0 Å². The molecule has 0 atom stereocenters. The lowest BCUT2D eigenvalue weighted by molar-refractivity contribution is -0.137. The second kappa shape index (κ2) is 7.94. The van der Waals surface area contributed by atoms with Gasteiger partial charge in [-0.3, -0.25) is 9.59 Å². The van der Waals surface area contributed by atoms with Gasteiger partial charge in [0.25, 0.3) is 5.91 Å². The highest BCUT2D eigenvalue weighted by molar-refractivity contribution is 6.30. The summed E-state index contributed by atoms with van der Waals surface area (Å²) >= 11 is 5.88. The molecule has 1 aromatic carbocycles. The lowest BCUT2D eigenvalue weighted by Crippen LogP contribution is -2.38. The van der Waals surface area contributed by atoms with Gasteiger partial charge in [0.05, 0.1) is 29.7 Å². The average Bonchev–Trinajstić information content (AvgIpc) is 2.93. The molecule has 0 bridgehead atoms. The molecule has 128 valence electrons. The third-order valence-electron chi connectivity index (χ3n) is 3.49. The molecule has 0 saturated carbocycles. The van der Waals surface area contributed by atoms with Crippen molar-refractivity contribution in [3.8, 4) is 5.69 Å². The zero-order chi connectivity index (χ0) is 17.7. The van der Waals surface area contributed by atoms with E-state index in [4.69, 9.17) is 21.4 Å². The number of benzene rings is 1. The highest BCUT2D eigenvalue weighted by atomic mass is 35.5. The molecule has 8 heteroatoms. The van der Waals surface area contributed by atoms with Crippen LogP contribution >= 0.6 is 11.6 Å². The first-order chi connectivity index (χ1) is 11.4. The molecule has 1 heterocycles. The largest absolute Gasteiger partial charge is 0.480 e. The Balaban J connectivity index is 2.28. The summed E-state index contributed by atoms with van der Waals surface area (Å²) in [5.41, 5.74) is 1.73. The van der Waals surface area contributed by atoms with E-state index in [1.807, 2.05) is 0 Å². The minimum atomic E-state index is -1.08. The van der Waals surface area contributed by atoms with Crippen LogP contribution in [0.3, 0.4) is 0 Å². The fourth-order valence-corrected chi connectivity index (χ4v) is 2.38. The number of aliphatic carboxylic acids is 1. The molecular weight excluding hydrogens is 334 g/mol. The summed E-state index contributed by atoms with van der Waals surface area (Å²) in [7, 11) is 1.49. The molecule has 2 aromatic rings. The highest BCUT2D eigenvalue weighted by Gasteiger charge is 2.22. The van der Waals surface area contributed by atoms with E-state index in [1.54, 1.807) is 35.9 Å². The number of methoxy groups -OCH3 is 1. The zero-order valence-electron chi connectivity index (χ0n) is 13.4. The van der Waals surface area contributed by atoms with Crippen LogP contribution in [0.2, 0.25) is 5.02 Å². The maximum Gasteiger partial charge on any atom is 0.323 e.